The molecule has 3 rings (SSSR count). The van der Waals surface area contributed by atoms with E-state index in [1.807, 2.05) is 6.92 Å². The van der Waals surface area contributed by atoms with Crippen molar-refractivity contribution in [3.63, 3.8) is 0 Å². The number of carbonyl (C=O) groups is 1. The van der Waals surface area contributed by atoms with Crippen LogP contribution in [-0.2, 0) is 21.4 Å². The first kappa shape index (κ1) is 19.6. The van der Waals surface area contributed by atoms with Crippen molar-refractivity contribution >= 4 is 33.2 Å². The first-order valence-corrected chi connectivity index (χ1v) is 10.2. The third kappa shape index (κ3) is 4.07. The number of rotatable bonds is 6. The number of carbonyl (C=O) groups excluding carboxylic acids is 1. The van der Waals surface area contributed by atoms with Crippen LogP contribution >= 0.6 is 11.6 Å². The maximum Gasteiger partial charge on any atom is 0.265 e. The molecule has 0 fully saturated rings. The molecule has 2 heterocycles. The summed E-state index contributed by atoms with van der Waals surface area (Å²) in [5.74, 6) is 0.611. The zero-order valence-electron chi connectivity index (χ0n) is 15.0. The van der Waals surface area contributed by atoms with Gasteiger partial charge < -0.3 is 9.26 Å². The minimum Gasteiger partial charge on any atom is -0.482 e. The van der Waals surface area contributed by atoms with E-state index in [-0.39, 0.29) is 40.8 Å². The molecule has 1 aromatic heterocycles. The Balaban J connectivity index is 1.98. The lowest BCUT2D eigenvalue weighted by Gasteiger charge is -2.29. The quantitative estimate of drug-likeness (QED) is 0.768. The van der Waals surface area contributed by atoms with Crippen molar-refractivity contribution in [2.75, 3.05) is 11.5 Å². The van der Waals surface area contributed by atoms with E-state index in [1.54, 1.807) is 13.8 Å². The number of anilines is 1. The van der Waals surface area contributed by atoms with Crippen LogP contribution in [0.25, 0.3) is 0 Å². The molecule has 1 aliphatic heterocycles. The van der Waals surface area contributed by atoms with Crippen molar-refractivity contribution in [2.45, 2.75) is 44.7 Å². The zero-order chi connectivity index (χ0) is 19.8. The van der Waals surface area contributed by atoms with E-state index in [2.05, 4.69) is 14.9 Å². The molecule has 9 nitrogen and oxygen atoms in total. The number of ether oxygens (including phenoxy) is 1. The topological polar surface area (TPSA) is 115 Å². The first-order chi connectivity index (χ1) is 12.7. The van der Waals surface area contributed by atoms with Gasteiger partial charge >= 0.3 is 0 Å². The first-order valence-electron chi connectivity index (χ1n) is 8.29. The molecule has 2 aromatic rings. The van der Waals surface area contributed by atoms with Crippen LogP contribution in [0.15, 0.2) is 21.6 Å². The molecule has 27 heavy (non-hydrogen) atoms. The van der Waals surface area contributed by atoms with Gasteiger partial charge in [0.05, 0.1) is 17.3 Å². The number of benzene rings is 1. The molecule has 1 amide bonds. The maximum absolute atomic E-state index is 12.6. The summed E-state index contributed by atoms with van der Waals surface area (Å²) in [5.41, 5.74) is 0.348. The summed E-state index contributed by atoms with van der Waals surface area (Å²) in [6, 6.07) is 2.47. The third-order valence-electron chi connectivity index (χ3n) is 4.08. The Morgan fingerprint density at radius 1 is 1.41 bits per heavy atom. The summed E-state index contributed by atoms with van der Waals surface area (Å²) in [5, 5.41) is 3.76. The fourth-order valence-electron chi connectivity index (χ4n) is 2.54. The molecule has 0 aliphatic carbocycles. The molecule has 1 aromatic carbocycles. The van der Waals surface area contributed by atoms with Gasteiger partial charge in [-0.1, -0.05) is 23.7 Å². The molecular weight excluding hydrogens is 396 g/mol. The molecule has 0 spiro atoms. The summed E-state index contributed by atoms with van der Waals surface area (Å²) < 4.78 is 38.1. The maximum atomic E-state index is 12.6. The molecule has 1 atom stereocenters. The summed E-state index contributed by atoms with van der Waals surface area (Å²) in [4.78, 5) is 17.6. The Morgan fingerprint density at radius 2 is 2.15 bits per heavy atom. The second-order valence-corrected chi connectivity index (χ2v) is 8.27. The Hall–Kier alpha value is -2.17. The molecule has 0 radical (unpaired) electrons. The van der Waals surface area contributed by atoms with Gasteiger partial charge in [-0.05, 0) is 19.4 Å². The van der Waals surface area contributed by atoms with Gasteiger partial charge in [0.15, 0.2) is 12.4 Å². The number of hydrogen-bond donors (Lipinski definition) is 1. The number of aryl methyl sites for hydroxylation is 1. The minimum atomic E-state index is -3.83. The van der Waals surface area contributed by atoms with Gasteiger partial charge in [-0.25, -0.2) is 13.1 Å². The molecule has 0 saturated heterocycles. The van der Waals surface area contributed by atoms with Gasteiger partial charge in [0.1, 0.15) is 10.6 Å². The SMILES string of the molecule is CC[C@H](C)NS(=O)(=O)c1cc2c(cc1Cl)N(Cc1noc(C)n1)C(=O)CO2. The van der Waals surface area contributed by atoms with Crippen molar-refractivity contribution in [3.8, 4) is 5.75 Å². The van der Waals surface area contributed by atoms with E-state index < -0.39 is 10.0 Å². The molecule has 0 unspecified atom stereocenters. The average molecular weight is 415 g/mol. The van der Waals surface area contributed by atoms with Gasteiger partial charge in [-0.2, -0.15) is 4.98 Å². The van der Waals surface area contributed by atoms with Crippen LogP contribution in [0.3, 0.4) is 0 Å². The number of amides is 1. The second-order valence-electron chi connectivity index (χ2n) is 6.18. The van der Waals surface area contributed by atoms with Crippen molar-refractivity contribution < 1.29 is 22.5 Å². The smallest absolute Gasteiger partial charge is 0.265 e. The number of halogens is 1. The molecule has 1 N–H and O–H groups in total. The number of nitrogens with one attached hydrogen (secondary N) is 1. The highest BCUT2D eigenvalue weighted by molar-refractivity contribution is 7.89. The summed E-state index contributed by atoms with van der Waals surface area (Å²) in [6.07, 6.45) is 0.630. The van der Waals surface area contributed by atoms with Crippen LogP contribution in [0.5, 0.6) is 5.75 Å². The number of aromatic nitrogens is 2. The van der Waals surface area contributed by atoms with Crippen molar-refractivity contribution in [3.05, 3.63) is 28.9 Å². The highest BCUT2D eigenvalue weighted by atomic mass is 35.5. The van der Waals surface area contributed by atoms with E-state index in [4.69, 9.17) is 20.9 Å². The minimum absolute atomic E-state index is 0.0165. The van der Waals surface area contributed by atoms with E-state index in [9.17, 15) is 13.2 Å². The normalized spacial score (nSPS) is 15.4. The number of sulfonamides is 1. The molecule has 146 valence electrons. The largest absolute Gasteiger partial charge is 0.482 e. The van der Waals surface area contributed by atoms with Crippen LogP contribution in [0.1, 0.15) is 32.0 Å². The lowest BCUT2D eigenvalue weighted by molar-refractivity contribution is -0.121. The van der Waals surface area contributed by atoms with Crippen LogP contribution < -0.4 is 14.4 Å². The molecule has 1 aliphatic rings. The fraction of sp³-hybridized carbons (Fsp3) is 0.438. The third-order valence-corrected chi connectivity index (χ3v) is 6.14. The lowest BCUT2D eigenvalue weighted by atomic mass is 10.2. The number of nitrogens with zero attached hydrogens (tertiary/aromatic N) is 3. The molecule has 11 heteroatoms. The van der Waals surface area contributed by atoms with Gasteiger partial charge in [-0.3, -0.25) is 9.69 Å². The Labute approximate surface area is 161 Å². The Bertz CT molecular complexity index is 975. The van der Waals surface area contributed by atoms with E-state index in [0.29, 0.717) is 23.8 Å². The predicted octanol–water partition coefficient (Wildman–Crippen LogP) is 2.03. The van der Waals surface area contributed by atoms with Crippen LogP contribution in [-0.4, -0.2) is 37.1 Å². The predicted molar refractivity (Wildman–Crippen MR) is 97.2 cm³/mol. The van der Waals surface area contributed by atoms with E-state index >= 15 is 0 Å². The van der Waals surface area contributed by atoms with Gasteiger partial charge in [0.25, 0.3) is 5.91 Å². The lowest BCUT2D eigenvalue weighted by Crippen LogP contribution is -2.39. The Morgan fingerprint density at radius 3 is 2.78 bits per heavy atom. The van der Waals surface area contributed by atoms with Gasteiger partial charge in [-0.15, -0.1) is 0 Å². The summed E-state index contributed by atoms with van der Waals surface area (Å²) in [6.45, 7) is 5.09. The van der Waals surface area contributed by atoms with Crippen molar-refractivity contribution in [1.82, 2.24) is 14.9 Å². The van der Waals surface area contributed by atoms with Crippen LogP contribution in [0.2, 0.25) is 5.02 Å². The zero-order valence-corrected chi connectivity index (χ0v) is 16.6. The van der Waals surface area contributed by atoms with Crippen LogP contribution in [0.4, 0.5) is 5.69 Å². The van der Waals surface area contributed by atoms with Crippen molar-refractivity contribution in [2.24, 2.45) is 0 Å². The molecule has 0 bridgehead atoms. The summed E-state index contributed by atoms with van der Waals surface area (Å²) >= 11 is 6.23. The van der Waals surface area contributed by atoms with Crippen LogP contribution in [0, 0.1) is 6.92 Å². The monoisotopic (exact) mass is 414 g/mol. The standard InChI is InChI=1S/C16H19ClN4O5S/c1-4-9(2)20-27(23,24)14-6-13-12(5-11(14)17)21(16(22)8-25-13)7-15-18-10(3)26-19-15/h5-6,9,20H,4,7-8H2,1-3H3/t9-/m0/s1. The highest BCUT2D eigenvalue weighted by Crippen LogP contribution is 2.39. The van der Waals surface area contributed by atoms with E-state index in [1.165, 1.54) is 17.0 Å². The number of fused-ring (bicyclic) bond motifs is 1. The van der Waals surface area contributed by atoms with E-state index in [0.717, 1.165) is 0 Å². The Kier molecular flexibility index (Phi) is 5.41. The number of hydrogen-bond acceptors (Lipinski definition) is 7. The highest BCUT2D eigenvalue weighted by Gasteiger charge is 2.31. The fourth-order valence-corrected chi connectivity index (χ4v) is 4.40. The van der Waals surface area contributed by atoms with Gasteiger partial charge in [0.2, 0.25) is 15.9 Å². The van der Waals surface area contributed by atoms with Crippen molar-refractivity contribution in [1.29, 1.82) is 0 Å². The second kappa shape index (κ2) is 7.45. The molecule has 0 saturated carbocycles. The van der Waals surface area contributed by atoms with Gasteiger partial charge in [0, 0.05) is 19.0 Å². The average Bonchev–Trinajstić information content (AvgIpc) is 3.01. The molecular formula is C16H19ClN4O5S. The summed E-state index contributed by atoms with van der Waals surface area (Å²) in [7, 11) is -3.83.